The van der Waals surface area contributed by atoms with Gasteiger partial charge in [-0.25, -0.2) is 9.78 Å². The van der Waals surface area contributed by atoms with E-state index >= 15 is 0 Å². The van der Waals surface area contributed by atoms with Gasteiger partial charge in [-0.05, 0) is 26.0 Å². The fraction of sp³-hybridized carbons (Fsp3) is 0.231. The molecule has 2 aromatic heterocycles. The molecule has 0 aliphatic heterocycles. The van der Waals surface area contributed by atoms with Crippen LogP contribution in [0.25, 0.3) is 0 Å². The number of rotatable bonds is 3. The Morgan fingerprint density at radius 1 is 1.35 bits per heavy atom. The van der Waals surface area contributed by atoms with Gasteiger partial charge in [-0.1, -0.05) is 0 Å². The maximum Gasteiger partial charge on any atom is 0.354 e. The third-order valence-corrected chi connectivity index (χ3v) is 2.97. The molecule has 0 radical (unpaired) electrons. The van der Waals surface area contributed by atoms with Crippen LogP contribution in [0.15, 0.2) is 18.3 Å². The average molecular weight is 274 g/mol. The Morgan fingerprint density at radius 2 is 2.05 bits per heavy atom. The van der Waals surface area contributed by atoms with E-state index in [1.807, 2.05) is 0 Å². The number of anilines is 1. The zero-order valence-electron chi connectivity index (χ0n) is 11.3. The predicted octanol–water partition coefficient (Wildman–Crippen LogP) is 1.38. The predicted molar refractivity (Wildman–Crippen MR) is 71.8 cm³/mol. The van der Waals surface area contributed by atoms with E-state index in [-0.39, 0.29) is 11.6 Å². The van der Waals surface area contributed by atoms with Crippen LogP contribution in [0.4, 0.5) is 5.69 Å². The maximum absolute atomic E-state index is 12.2. The summed E-state index contributed by atoms with van der Waals surface area (Å²) in [6.45, 7) is 3.54. The highest BCUT2D eigenvalue weighted by atomic mass is 16.4. The average Bonchev–Trinajstić information content (AvgIpc) is 2.63. The SMILES string of the molecule is Cc1nn(C)c(C)c1C(=O)Nc1ccnc(C(=O)O)c1. The van der Waals surface area contributed by atoms with E-state index in [0.29, 0.717) is 16.9 Å². The van der Waals surface area contributed by atoms with Crippen LogP contribution in [0.1, 0.15) is 32.2 Å². The highest BCUT2D eigenvalue weighted by Crippen LogP contribution is 2.15. The lowest BCUT2D eigenvalue weighted by atomic mass is 10.2. The number of aromatic nitrogens is 3. The number of nitrogens with zero attached hydrogens (tertiary/aromatic N) is 3. The van der Waals surface area contributed by atoms with Gasteiger partial charge in [-0.15, -0.1) is 0 Å². The molecule has 2 N–H and O–H groups in total. The molecule has 2 rings (SSSR count). The summed E-state index contributed by atoms with van der Waals surface area (Å²) in [5.74, 6) is -1.47. The summed E-state index contributed by atoms with van der Waals surface area (Å²) in [5.41, 5.74) is 2.11. The van der Waals surface area contributed by atoms with Crippen LogP contribution < -0.4 is 5.32 Å². The molecule has 0 fully saturated rings. The van der Waals surface area contributed by atoms with Crippen molar-refractivity contribution in [2.45, 2.75) is 13.8 Å². The second kappa shape index (κ2) is 5.12. The Hall–Kier alpha value is -2.70. The summed E-state index contributed by atoms with van der Waals surface area (Å²) in [6.07, 6.45) is 1.34. The molecule has 0 saturated heterocycles. The highest BCUT2D eigenvalue weighted by Gasteiger charge is 2.17. The second-order valence-corrected chi connectivity index (χ2v) is 4.36. The normalized spacial score (nSPS) is 10.3. The number of carbonyl (C=O) groups excluding carboxylic acids is 1. The smallest absolute Gasteiger partial charge is 0.354 e. The number of pyridine rings is 1. The van der Waals surface area contributed by atoms with Gasteiger partial charge < -0.3 is 10.4 Å². The summed E-state index contributed by atoms with van der Waals surface area (Å²) in [5, 5.41) is 15.7. The standard InChI is InChI=1S/C13H14N4O3/c1-7-11(8(2)17(3)16-7)12(18)15-9-4-5-14-10(6-9)13(19)20/h4-6H,1-3H3,(H,19,20)(H,14,15,18). The largest absolute Gasteiger partial charge is 0.477 e. The van der Waals surface area contributed by atoms with Crippen LogP contribution in [-0.4, -0.2) is 31.7 Å². The Balaban J connectivity index is 2.28. The van der Waals surface area contributed by atoms with E-state index in [9.17, 15) is 9.59 Å². The topological polar surface area (TPSA) is 97.1 Å². The third-order valence-electron chi connectivity index (χ3n) is 2.97. The highest BCUT2D eigenvalue weighted by molar-refractivity contribution is 6.06. The minimum absolute atomic E-state index is 0.123. The molecule has 1 amide bonds. The molecule has 0 atom stereocenters. The van der Waals surface area contributed by atoms with Gasteiger partial charge in [0.1, 0.15) is 5.69 Å². The first kappa shape index (κ1) is 13.7. The minimum atomic E-state index is -1.14. The molecule has 0 bridgehead atoms. The number of aromatic carboxylic acids is 1. The van der Waals surface area contributed by atoms with E-state index < -0.39 is 5.97 Å². The number of hydrogen-bond donors (Lipinski definition) is 2. The van der Waals surface area contributed by atoms with Gasteiger partial charge in [0, 0.05) is 24.6 Å². The monoisotopic (exact) mass is 274 g/mol. The van der Waals surface area contributed by atoms with Crippen molar-refractivity contribution in [2.24, 2.45) is 7.05 Å². The quantitative estimate of drug-likeness (QED) is 0.881. The Bertz CT molecular complexity index is 691. The molecule has 0 aromatic carbocycles. The van der Waals surface area contributed by atoms with E-state index in [0.717, 1.165) is 5.69 Å². The lowest BCUT2D eigenvalue weighted by Crippen LogP contribution is -2.14. The molecule has 104 valence electrons. The van der Waals surface area contributed by atoms with Gasteiger partial charge in [-0.2, -0.15) is 5.10 Å². The van der Waals surface area contributed by atoms with Crippen molar-refractivity contribution in [3.8, 4) is 0 Å². The van der Waals surface area contributed by atoms with Crippen molar-refractivity contribution >= 4 is 17.6 Å². The zero-order valence-corrected chi connectivity index (χ0v) is 11.3. The van der Waals surface area contributed by atoms with Crippen LogP contribution >= 0.6 is 0 Å². The number of carbonyl (C=O) groups is 2. The summed E-state index contributed by atoms with van der Waals surface area (Å²) >= 11 is 0. The van der Waals surface area contributed by atoms with Gasteiger partial charge in [-0.3, -0.25) is 9.48 Å². The molecule has 0 saturated carbocycles. The molecule has 7 nitrogen and oxygen atoms in total. The summed E-state index contributed by atoms with van der Waals surface area (Å²) in [4.78, 5) is 26.7. The Labute approximate surface area is 115 Å². The second-order valence-electron chi connectivity index (χ2n) is 4.36. The lowest BCUT2D eigenvalue weighted by molar-refractivity contribution is 0.0690. The van der Waals surface area contributed by atoms with Crippen molar-refractivity contribution in [1.82, 2.24) is 14.8 Å². The third kappa shape index (κ3) is 2.51. The number of carboxylic acids is 1. The summed E-state index contributed by atoms with van der Waals surface area (Å²) in [7, 11) is 1.76. The fourth-order valence-corrected chi connectivity index (χ4v) is 1.92. The van der Waals surface area contributed by atoms with Gasteiger partial charge in [0.15, 0.2) is 0 Å². The van der Waals surface area contributed by atoms with Crippen LogP contribution in [0, 0.1) is 13.8 Å². The van der Waals surface area contributed by atoms with Gasteiger partial charge >= 0.3 is 5.97 Å². The summed E-state index contributed by atoms with van der Waals surface area (Å²) < 4.78 is 1.62. The maximum atomic E-state index is 12.2. The van der Waals surface area contributed by atoms with Crippen LogP contribution in [0.5, 0.6) is 0 Å². The molecule has 0 aliphatic rings. The Kier molecular flexibility index (Phi) is 3.51. The van der Waals surface area contributed by atoms with E-state index in [1.54, 1.807) is 25.6 Å². The first-order chi connectivity index (χ1) is 9.40. The molecule has 7 heteroatoms. The number of nitrogens with one attached hydrogen (secondary N) is 1. The van der Waals surface area contributed by atoms with Crippen molar-refractivity contribution in [2.75, 3.05) is 5.32 Å². The van der Waals surface area contributed by atoms with E-state index in [2.05, 4.69) is 15.4 Å². The van der Waals surface area contributed by atoms with Crippen molar-refractivity contribution < 1.29 is 14.7 Å². The first-order valence-electron chi connectivity index (χ1n) is 5.91. The number of carboxylic acid groups (broad SMARTS) is 1. The van der Waals surface area contributed by atoms with Crippen molar-refractivity contribution in [3.63, 3.8) is 0 Å². The molecule has 20 heavy (non-hydrogen) atoms. The molecule has 2 aromatic rings. The minimum Gasteiger partial charge on any atom is -0.477 e. The first-order valence-corrected chi connectivity index (χ1v) is 5.91. The molecule has 0 spiro atoms. The van der Waals surface area contributed by atoms with E-state index in [4.69, 9.17) is 5.11 Å². The lowest BCUT2D eigenvalue weighted by Gasteiger charge is -2.06. The van der Waals surface area contributed by atoms with Gasteiger partial charge in [0.25, 0.3) is 5.91 Å². The molecule has 0 aliphatic carbocycles. The molecule has 0 unspecified atom stereocenters. The molecule has 2 heterocycles. The van der Waals surface area contributed by atoms with Gasteiger partial charge in [0.2, 0.25) is 0 Å². The number of hydrogen-bond acceptors (Lipinski definition) is 4. The van der Waals surface area contributed by atoms with Crippen LogP contribution in [-0.2, 0) is 7.05 Å². The van der Waals surface area contributed by atoms with Crippen LogP contribution in [0.3, 0.4) is 0 Å². The zero-order chi connectivity index (χ0) is 14.9. The van der Waals surface area contributed by atoms with Crippen molar-refractivity contribution in [1.29, 1.82) is 0 Å². The van der Waals surface area contributed by atoms with Crippen LogP contribution in [0.2, 0.25) is 0 Å². The number of aryl methyl sites for hydroxylation is 2. The molecular formula is C13H14N4O3. The van der Waals surface area contributed by atoms with Gasteiger partial charge in [0.05, 0.1) is 11.3 Å². The van der Waals surface area contributed by atoms with E-state index in [1.165, 1.54) is 18.3 Å². The number of amides is 1. The summed E-state index contributed by atoms with van der Waals surface area (Å²) in [6, 6.07) is 2.84. The Morgan fingerprint density at radius 3 is 2.60 bits per heavy atom. The fourth-order valence-electron chi connectivity index (χ4n) is 1.92. The van der Waals surface area contributed by atoms with Crippen molar-refractivity contribution in [3.05, 3.63) is 41.0 Å². The molecular weight excluding hydrogens is 260 g/mol.